The van der Waals surface area contributed by atoms with E-state index in [-0.39, 0.29) is 28.6 Å². The molecule has 0 bridgehead atoms. The average Bonchev–Trinajstić information content (AvgIpc) is 3.41. The van der Waals surface area contributed by atoms with Gasteiger partial charge >= 0.3 is 5.97 Å². The molecule has 6 nitrogen and oxygen atoms in total. The highest BCUT2D eigenvalue weighted by molar-refractivity contribution is 6.31. The molecule has 8 heteroatoms. The number of aromatic nitrogens is 1. The SMILES string of the molecule is CC(CN(C)C(=O)c1cn(C2CC2)c2cc(Cl)c(F)cc2c1=O)C(=O)O. The summed E-state index contributed by atoms with van der Waals surface area (Å²) in [6, 6.07) is 2.58. The van der Waals surface area contributed by atoms with Crippen LogP contribution in [0, 0.1) is 11.7 Å². The predicted octanol–water partition coefficient (Wildman–Crippen LogP) is 2.92. The Balaban J connectivity index is 2.10. The van der Waals surface area contributed by atoms with E-state index in [1.54, 1.807) is 4.57 Å². The molecule has 0 spiro atoms. The number of fused-ring (bicyclic) bond motifs is 1. The molecule has 1 aromatic heterocycles. The van der Waals surface area contributed by atoms with Gasteiger partial charge in [0.05, 0.1) is 16.5 Å². The van der Waals surface area contributed by atoms with Gasteiger partial charge in [-0.05, 0) is 25.0 Å². The molecule has 3 rings (SSSR count). The number of carbonyl (C=O) groups is 2. The number of hydrogen-bond donors (Lipinski definition) is 1. The van der Waals surface area contributed by atoms with Crippen molar-refractivity contribution in [2.24, 2.45) is 5.92 Å². The zero-order valence-electron chi connectivity index (χ0n) is 14.3. The van der Waals surface area contributed by atoms with Gasteiger partial charge in [-0.1, -0.05) is 18.5 Å². The van der Waals surface area contributed by atoms with Crippen molar-refractivity contribution in [2.75, 3.05) is 13.6 Å². The van der Waals surface area contributed by atoms with E-state index in [1.165, 1.54) is 31.1 Å². The number of hydrogen-bond acceptors (Lipinski definition) is 3. The number of benzene rings is 1. The molecule has 1 unspecified atom stereocenters. The molecule has 0 radical (unpaired) electrons. The lowest BCUT2D eigenvalue weighted by Crippen LogP contribution is -2.36. The minimum Gasteiger partial charge on any atom is -0.481 e. The normalized spacial score (nSPS) is 15.1. The van der Waals surface area contributed by atoms with Gasteiger partial charge in [-0.15, -0.1) is 0 Å². The number of halogens is 2. The van der Waals surface area contributed by atoms with Crippen LogP contribution in [0.3, 0.4) is 0 Å². The van der Waals surface area contributed by atoms with Crippen molar-refractivity contribution in [3.8, 4) is 0 Å². The van der Waals surface area contributed by atoms with E-state index >= 15 is 0 Å². The molecule has 1 aliphatic carbocycles. The quantitative estimate of drug-likeness (QED) is 0.864. The molecule has 1 aromatic carbocycles. The van der Waals surface area contributed by atoms with Crippen LogP contribution < -0.4 is 5.43 Å². The summed E-state index contributed by atoms with van der Waals surface area (Å²) >= 11 is 5.86. The molecule has 1 atom stereocenters. The third kappa shape index (κ3) is 3.31. The van der Waals surface area contributed by atoms with Gasteiger partial charge in [-0.3, -0.25) is 14.4 Å². The first kappa shape index (κ1) is 18.4. The van der Waals surface area contributed by atoms with Crippen molar-refractivity contribution in [1.29, 1.82) is 0 Å². The molecule has 138 valence electrons. The van der Waals surface area contributed by atoms with Gasteiger partial charge in [0, 0.05) is 31.2 Å². The Hall–Kier alpha value is -2.41. The second-order valence-corrected chi connectivity index (χ2v) is 7.13. The minimum atomic E-state index is -1.03. The summed E-state index contributed by atoms with van der Waals surface area (Å²) in [4.78, 5) is 37.7. The van der Waals surface area contributed by atoms with Crippen molar-refractivity contribution >= 4 is 34.4 Å². The first-order valence-electron chi connectivity index (χ1n) is 8.23. The fourth-order valence-corrected chi connectivity index (χ4v) is 3.09. The zero-order chi connectivity index (χ0) is 19.2. The Kier molecular flexibility index (Phi) is 4.75. The number of amides is 1. The lowest BCUT2D eigenvalue weighted by Gasteiger charge is -2.20. The van der Waals surface area contributed by atoms with Crippen LogP contribution in [0.25, 0.3) is 10.9 Å². The van der Waals surface area contributed by atoms with Crippen LogP contribution >= 0.6 is 11.6 Å². The third-order valence-corrected chi connectivity index (χ3v) is 4.85. The van der Waals surface area contributed by atoms with Crippen LogP contribution in [0.1, 0.15) is 36.2 Å². The summed E-state index contributed by atoms with van der Waals surface area (Å²) in [6.45, 7) is 1.44. The fraction of sp³-hybridized carbons (Fsp3) is 0.389. The van der Waals surface area contributed by atoms with Crippen LogP contribution in [0.5, 0.6) is 0 Å². The van der Waals surface area contributed by atoms with Gasteiger partial charge in [0.15, 0.2) is 0 Å². The van der Waals surface area contributed by atoms with Crippen LogP contribution in [-0.2, 0) is 4.79 Å². The van der Waals surface area contributed by atoms with Crippen LogP contribution in [0.2, 0.25) is 5.02 Å². The van der Waals surface area contributed by atoms with E-state index in [1.807, 2.05) is 0 Å². The lowest BCUT2D eigenvalue weighted by molar-refractivity contribution is -0.141. The number of rotatable bonds is 5. The zero-order valence-corrected chi connectivity index (χ0v) is 15.1. The number of aliphatic carboxylic acids is 1. The van der Waals surface area contributed by atoms with Crippen molar-refractivity contribution < 1.29 is 19.1 Å². The van der Waals surface area contributed by atoms with Gasteiger partial charge in [0.1, 0.15) is 11.4 Å². The number of nitrogens with zero attached hydrogens (tertiary/aromatic N) is 2. The number of carbonyl (C=O) groups excluding carboxylic acids is 1. The predicted molar refractivity (Wildman–Crippen MR) is 95.2 cm³/mol. The summed E-state index contributed by atoms with van der Waals surface area (Å²) in [5.41, 5.74) is -0.208. The second-order valence-electron chi connectivity index (χ2n) is 6.72. The molecule has 2 aromatic rings. The van der Waals surface area contributed by atoms with E-state index in [4.69, 9.17) is 16.7 Å². The molecule has 1 heterocycles. The van der Waals surface area contributed by atoms with E-state index in [9.17, 15) is 18.8 Å². The first-order chi connectivity index (χ1) is 12.2. The van der Waals surface area contributed by atoms with E-state index in [0.717, 1.165) is 18.9 Å². The Labute approximate surface area is 153 Å². The molecule has 1 amide bonds. The van der Waals surface area contributed by atoms with Gasteiger partial charge in [0.2, 0.25) is 5.43 Å². The average molecular weight is 381 g/mol. The summed E-state index contributed by atoms with van der Waals surface area (Å²) in [5, 5.41) is 9.00. The fourth-order valence-electron chi connectivity index (χ4n) is 2.93. The van der Waals surface area contributed by atoms with Crippen molar-refractivity contribution in [3.05, 3.63) is 45.0 Å². The molecule has 1 saturated carbocycles. The highest BCUT2D eigenvalue weighted by Gasteiger charge is 2.28. The van der Waals surface area contributed by atoms with E-state index < -0.39 is 29.0 Å². The monoisotopic (exact) mass is 380 g/mol. The minimum absolute atomic E-state index is 0.0376. The summed E-state index contributed by atoms with van der Waals surface area (Å²) in [5.74, 6) is -3.12. The van der Waals surface area contributed by atoms with Gasteiger partial charge in [0.25, 0.3) is 5.91 Å². The summed E-state index contributed by atoms with van der Waals surface area (Å²) < 4.78 is 15.7. The Morgan fingerprint density at radius 3 is 2.65 bits per heavy atom. The van der Waals surface area contributed by atoms with E-state index in [2.05, 4.69) is 0 Å². The Morgan fingerprint density at radius 1 is 1.42 bits per heavy atom. The number of carboxylic acid groups (broad SMARTS) is 1. The molecular formula is C18H18ClFN2O4. The summed E-state index contributed by atoms with van der Waals surface area (Å²) in [7, 11) is 1.44. The number of carboxylic acids is 1. The molecular weight excluding hydrogens is 363 g/mol. The Morgan fingerprint density at radius 2 is 2.08 bits per heavy atom. The lowest BCUT2D eigenvalue weighted by atomic mass is 10.1. The van der Waals surface area contributed by atoms with E-state index in [0.29, 0.717) is 5.52 Å². The van der Waals surface area contributed by atoms with Crippen LogP contribution in [0.4, 0.5) is 4.39 Å². The molecule has 1 N–H and O–H groups in total. The second kappa shape index (κ2) is 6.72. The maximum absolute atomic E-state index is 13.9. The first-order valence-corrected chi connectivity index (χ1v) is 8.60. The molecule has 0 aliphatic heterocycles. The topological polar surface area (TPSA) is 79.6 Å². The highest BCUT2D eigenvalue weighted by Crippen LogP contribution is 2.37. The van der Waals surface area contributed by atoms with Crippen LogP contribution in [0.15, 0.2) is 23.1 Å². The largest absolute Gasteiger partial charge is 0.481 e. The Bertz CT molecular complexity index is 968. The van der Waals surface area contributed by atoms with Crippen molar-refractivity contribution in [2.45, 2.75) is 25.8 Å². The molecule has 1 aliphatic rings. The highest BCUT2D eigenvalue weighted by atomic mass is 35.5. The maximum Gasteiger partial charge on any atom is 0.308 e. The molecule has 1 fully saturated rings. The van der Waals surface area contributed by atoms with Crippen molar-refractivity contribution in [1.82, 2.24) is 9.47 Å². The van der Waals surface area contributed by atoms with Gasteiger partial charge in [-0.25, -0.2) is 4.39 Å². The van der Waals surface area contributed by atoms with Crippen molar-refractivity contribution in [3.63, 3.8) is 0 Å². The maximum atomic E-state index is 13.9. The number of pyridine rings is 1. The standard InChI is InChI=1S/C18H18ClFN2O4/c1-9(18(25)26)7-21(2)17(24)12-8-22(10-3-4-10)15-6-13(19)14(20)5-11(15)16(12)23/h5-6,8-10H,3-4,7H2,1-2H3,(H,25,26). The third-order valence-electron chi connectivity index (χ3n) is 4.56. The molecule has 26 heavy (non-hydrogen) atoms. The van der Waals surface area contributed by atoms with Crippen LogP contribution in [-0.4, -0.2) is 40.0 Å². The molecule has 0 saturated heterocycles. The van der Waals surface area contributed by atoms with Gasteiger partial charge in [-0.2, -0.15) is 0 Å². The smallest absolute Gasteiger partial charge is 0.308 e. The van der Waals surface area contributed by atoms with Gasteiger partial charge < -0.3 is 14.6 Å². The summed E-state index contributed by atoms with van der Waals surface area (Å²) in [6.07, 6.45) is 3.26.